The lowest BCUT2D eigenvalue weighted by molar-refractivity contribution is -0.145. The van der Waals surface area contributed by atoms with Gasteiger partial charge < -0.3 is 10.4 Å². The van der Waals surface area contributed by atoms with Crippen molar-refractivity contribution in [3.05, 3.63) is 10.6 Å². The summed E-state index contributed by atoms with van der Waals surface area (Å²) in [7, 11) is 0. The Balaban J connectivity index is 1.70. The fraction of sp³-hybridized carbons (Fsp3) is 0.643. The Morgan fingerprint density at radius 2 is 2.05 bits per heavy atom. The zero-order chi connectivity index (χ0) is 14.3. The molecular formula is C14H18N2O3S. The molecule has 1 aromatic heterocycles. The van der Waals surface area contributed by atoms with Crippen molar-refractivity contribution < 1.29 is 14.7 Å². The van der Waals surface area contributed by atoms with E-state index in [1.165, 1.54) is 16.2 Å². The molecule has 20 heavy (non-hydrogen) atoms. The molecule has 2 N–H and O–H groups in total. The molecule has 1 fully saturated rings. The Morgan fingerprint density at radius 1 is 1.30 bits per heavy atom. The van der Waals surface area contributed by atoms with Crippen molar-refractivity contribution in [3.63, 3.8) is 0 Å². The largest absolute Gasteiger partial charge is 0.481 e. The Kier molecular flexibility index (Phi) is 3.50. The van der Waals surface area contributed by atoms with Crippen LogP contribution in [-0.4, -0.2) is 22.0 Å². The molecule has 0 spiro atoms. The molecule has 108 valence electrons. The first-order valence-corrected chi connectivity index (χ1v) is 7.88. The number of amides is 1. The summed E-state index contributed by atoms with van der Waals surface area (Å²) in [5, 5.41) is 12.7. The van der Waals surface area contributed by atoms with E-state index < -0.39 is 17.8 Å². The van der Waals surface area contributed by atoms with E-state index in [0.717, 1.165) is 25.0 Å². The number of aryl methyl sites for hydroxylation is 2. The zero-order valence-corrected chi connectivity index (χ0v) is 12.2. The molecule has 3 unspecified atom stereocenters. The second kappa shape index (κ2) is 5.16. The van der Waals surface area contributed by atoms with Crippen molar-refractivity contribution in [3.8, 4) is 0 Å². The fourth-order valence-electron chi connectivity index (χ4n) is 3.30. The van der Waals surface area contributed by atoms with Gasteiger partial charge in [0.05, 0.1) is 17.5 Å². The smallest absolute Gasteiger partial charge is 0.307 e. The molecule has 1 saturated carbocycles. The molecule has 1 amide bonds. The topological polar surface area (TPSA) is 79.3 Å². The average Bonchev–Trinajstić information content (AvgIpc) is 3.02. The van der Waals surface area contributed by atoms with Crippen molar-refractivity contribution in [2.24, 2.45) is 17.8 Å². The summed E-state index contributed by atoms with van der Waals surface area (Å²) in [5.74, 6) is -1.75. The molecule has 1 aromatic rings. The average molecular weight is 294 g/mol. The number of aromatic nitrogens is 1. The van der Waals surface area contributed by atoms with E-state index in [0.29, 0.717) is 18.0 Å². The highest BCUT2D eigenvalue weighted by atomic mass is 32.1. The second-order valence-electron chi connectivity index (χ2n) is 5.86. The maximum absolute atomic E-state index is 12.3. The summed E-state index contributed by atoms with van der Waals surface area (Å²) in [6.07, 6.45) is 4.40. The third kappa shape index (κ3) is 2.44. The van der Waals surface area contributed by atoms with Crippen LogP contribution in [0.5, 0.6) is 0 Å². The predicted molar refractivity (Wildman–Crippen MR) is 75.8 cm³/mol. The minimum atomic E-state index is -0.865. The molecule has 3 rings (SSSR count). The Bertz CT molecular complexity index is 533. The highest BCUT2D eigenvalue weighted by Crippen LogP contribution is 2.38. The van der Waals surface area contributed by atoms with E-state index in [-0.39, 0.29) is 11.8 Å². The van der Waals surface area contributed by atoms with E-state index in [9.17, 15) is 14.7 Å². The summed E-state index contributed by atoms with van der Waals surface area (Å²) < 4.78 is 0. The lowest BCUT2D eigenvalue weighted by atomic mass is 9.95. The molecular weight excluding hydrogens is 276 g/mol. The SMILES string of the molecule is CC1CC(C(=O)O)C(C(=O)Nc2nc3c(s2)CCC3)C1. The van der Waals surface area contributed by atoms with Crippen LogP contribution in [0.1, 0.15) is 36.8 Å². The van der Waals surface area contributed by atoms with Gasteiger partial charge in [-0.1, -0.05) is 6.92 Å². The predicted octanol–water partition coefficient (Wildman–Crippen LogP) is 2.32. The minimum absolute atomic E-state index is 0.186. The molecule has 6 heteroatoms. The molecule has 1 heterocycles. The maximum Gasteiger partial charge on any atom is 0.307 e. The summed E-state index contributed by atoms with van der Waals surface area (Å²) in [6, 6.07) is 0. The molecule has 0 radical (unpaired) electrons. The number of carboxylic acids is 1. The lowest BCUT2D eigenvalue weighted by Gasteiger charge is -2.14. The van der Waals surface area contributed by atoms with Gasteiger partial charge in [-0.15, -0.1) is 11.3 Å². The molecule has 0 aromatic carbocycles. The van der Waals surface area contributed by atoms with Crippen LogP contribution < -0.4 is 5.32 Å². The molecule has 0 saturated heterocycles. The first-order chi connectivity index (χ1) is 9.54. The number of aliphatic carboxylic acids is 1. The van der Waals surface area contributed by atoms with Crippen LogP contribution >= 0.6 is 11.3 Å². The number of carbonyl (C=O) groups excluding carboxylic acids is 1. The Morgan fingerprint density at radius 3 is 2.75 bits per heavy atom. The van der Waals surface area contributed by atoms with Gasteiger partial charge in [0, 0.05) is 4.88 Å². The third-order valence-corrected chi connectivity index (χ3v) is 5.35. The Labute approximate surface area is 121 Å². The van der Waals surface area contributed by atoms with Crippen LogP contribution in [0.3, 0.4) is 0 Å². The first-order valence-electron chi connectivity index (χ1n) is 7.07. The van der Waals surface area contributed by atoms with Crippen LogP contribution in [0.4, 0.5) is 5.13 Å². The summed E-state index contributed by atoms with van der Waals surface area (Å²) in [4.78, 5) is 29.2. The van der Waals surface area contributed by atoms with Gasteiger partial charge in [0.25, 0.3) is 0 Å². The van der Waals surface area contributed by atoms with Gasteiger partial charge in [-0.3, -0.25) is 9.59 Å². The highest BCUT2D eigenvalue weighted by molar-refractivity contribution is 7.15. The second-order valence-corrected chi connectivity index (χ2v) is 6.94. The van der Waals surface area contributed by atoms with E-state index in [1.807, 2.05) is 6.92 Å². The van der Waals surface area contributed by atoms with Crippen LogP contribution in [-0.2, 0) is 22.4 Å². The number of hydrogen-bond acceptors (Lipinski definition) is 4. The number of carbonyl (C=O) groups is 2. The van der Waals surface area contributed by atoms with E-state index >= 15 is 0 Å². The summed E-state index contributed by atoms with van der Waals surface area (Å²) in [6.45, 7) is 2.00. The lowest BCUT2D eigenvalue weighted by Crippen LogP contribution is -2.29. The van der Waals surface area contributed by atoms with Gasteiger partial charge in [0.1, 0.15) is 0 Å². The maximum atomic E-state index is 12.3. The van der Waals surface area contributed by atoms with Crippen molar-refractivity contribution in [2.75, 3.05) is 5.32 Å². The van der Waals surface area contributed by atoms with Gasteiger partial charge in [0.15, 0.2) is 5.13 Å². The van der Waals surface area contributed by atoms with Gasteiger partial charge >= 0.3 is 5.97 Å². The number of hydrogen-bond donors (Lipinski definition) is 2. The van der Waals surface area contributed by atoms with Gasteiger partial charge in [0.2, 0.25) is 5.91 Å². The minimum Gasteiger partial charge on any atom is -0.481 e. The number of nitrogens with one attached hydrogen (secondary N) is 1. The van der Waals surface area contributed by atoms with Gasteiger partial charge in [-0.25, -0.2) is 4.98 Å². The number of carboxylic acid groups (broad SMARTS) is 1. The van der Waals surface area contributed by atoms with Crippen molar-refractivity contribution in [1.29, 1.82) is 0 Å². The van der Waals surface area contributed by atoms with Crippen LogP contribution in [0.2, 0.25) is 0 Å². The third-order valence-electron chi connectivity index (χ3n) is 4.28. The number of fused-ring (bicyclic) bond motifs is 1. The molecule has 2 aliphatic carbocycles. The number of nitrogens with zero attached hydrogens (tertiary/aromatic N) is 1. The number of rotatable bonds is 3. The number of thiazole rings is 1. The summed E-state index contributed by atoms with van der Waals surface area (Å²) >= 11 is 1.53. The van der Waals surface area contributed by atoms with Crippen LogP contribution in [0.15, 0.2) is 0 Å². The van der Waals surface area contributed by atoms with Crippen molar-refractivity contribution >= 4 is 28.3 Å². The van der Waals surface area contributed by atoms with Crippen LogP contribution in [0.25, 0.3) is 0 Å². The normalized spacial score (nSPS) is 28.4. The highest BCUT2D eigenvalue weighted by Gasteiger charge is 2.41. The zero-order valence-electron chi connectivity index (χ0n) is 11.4. The molecule has 2 aliphatic rings. The molecule has 3 atom stereocenters. The Hall–Kier alpha value is -1.43. The quantitative estimate of drug-likeness (QED) is 0.896. The van der Waals surface area contributed by atoms with Gasteiger partial charge in [-0.2, -0.15) is 0 Å². The van der Waals surface area contributed by atoms with Crippen molar-refractivity contribution in [2.45, 2.75) is 39.0 Å². The molecule has 5 nitrogen and oxygen atoms in total. The fourth-order valence-corrected chi connectivity index (χ4v) is 4.35. The summed E-state index contributed by atoms with van der Waals surface area (Å²) in [5.41, 5.74) is 1.10. The van der Waals surface area contributed by atoms with E-state index in [4.69, 9.17) is 0 Å². The monoisotopic (exact) mass is 294 g/mol. The van der Waals surface area contributed by atoms with E-state index in [2.05, 4.69) is 10.3 Å². The standard InChI is InChI=1S/C14H18N2O3S/c1-7-5-8(9(6-7)13(18)19)12(17)16-14-15-10-3-2-4-11(10)20-14/h7-9H,2-6H2,1H3,(H,18,19)(H,15,16,17). The van der Waals surface area contributed by atoms with Crippen LogP contribution in [0, 0.1) is 17.8 Å². The van der Waals surface area contributed by atoms with Gasteiger partial charge in [-0.05, 0) is 38.0 Å². The number of anilines is 1. The first kappa shape index (κ1) is 13.5. The van der Waals surface area contributed by atoms with E-state index in [1.54, 1.807) is 0 Å². The van der Waals surface area contributed by atoms with Crippen molar-refractivity contribution in [1.82, 2.24) is 4.98 Å². The molecule has 0 bridgehead atoms. The molecule has 0 aliphatic heterocycles.